The summed E-state index contributed by atoms with van der Waals surface area (Å²) in [5.41, 5.74) is 1.14. The van der Waals surface area contributed by atoms with Gasteiger partial charge in [-0.2, -0.15) is 0 Å². The van der Waals surface area contributed by atoms with E-state index < -0.39 is 13.8 Å². The molecule has 2 aromatic carbocycles. The summed E-state index contributed by atoms with van der Waals surface area (Å²) in [4.78, 5) is 0. The van der Waals surface area contributed by atoms with Crippen LogP contribution in [0.25, 0.3) is 16.8 Å². The van der Waals surface area contributed by atoms with E-state index in [0.29, 0.717) is 0 Å². The van der Waals surface area contributed by atoms with Gasteiger partial charge in [-0.15, -0.1) is 0 Å². The molecule has 0 radical (unpaired) electrons. The molecule has 1 aliphatic rings. The molecule has 0 N–H and O–H groups in total. The van der Waals surface area contributed by atoms with Gasteiger partial charge in [0.1, 0.15) is 0 Å². The van der Waals surface area contributed by atoms with Gasteiger partial charge in [-0.05, 0) is 0 Å². The second-order valence-corrected chi connectivity index (χ2v) is 6.72. The maximum absolute atomic E-state index is 11.9. The number of rotatable bonds is 0. The Bertz CT molecular complexity index is 584. The summed E-state index contributed by atoms with van der Waals surface area (Å²) in [5.74, 6) is 0. The van der Waals surface area contributed by atoms with Gasteiger partial charge in [0.2, 0.25) is 0 Å². The van der Waals surface area contributed by atoms with E-state index in [2.05, 4.69) is 30.3 Å². The predicted molar refractivity (Wildman–Crippen MR) is 63.9 cm³/mol. The molecule has 0 amide bonds. The summed E-state index contributed by atoms with van der Waals surface area (Å²) in [6.45, 7) is 0. The van der Waals surface area contributed by atoms with Gasteiger partial charge in [-0.1, -0.05) is 0 Å². The summed E-state index contributed by atoms with van der Waals surface area (Å²) in [6, 6.07) is 12.4. The van der Waals surface area contributed by atoms with Crippen molar-refractivity contribution < 1.29 is 3.83 Å². The zero-order valence-corrected chi connectivity index (χ0v) is 9.86. The minimum absolute atomic E-state index is 0.741. The molecule has 1 heterocycles. The van der Waals surface area contributed by atoms with E-state index in [1.54, 1.807) is 0 Å². The first kappa shape index (κ1) is 9.02. The van der Waals surface area contributed by atoms with Crippen LogP contribution in [0.15, 0.2) is 42.5 Å². The average molecular weight is 261 g/mol. The van der Waals surface area contributed by atoms with Gasteiger partial charge in [0, 0.05) is 0 Å². The molecule has 0 saturated carbocycles. The van der Waals surface area contributed by atoms with Crippen molar-refractivity contribution >= 4 is 35.1 Å². The number of fused-ring (bicyclic) bond motifs is 2. The van der Waals surface area contributed by atoms with Crippen LogP contribution >= 0.6 is 0 Å². The first-order valence-electron chi connectivity index (χ1n) is 4.92. The molecule has 0 aromatic heterocycles. The van der Waals surface area contributed by atoms with Gasteiger partial charge in [0.05, 0.1) is 0 Å². The topological polar surface area (TPSA) is 17.1 Å². The monoisotopic (exact) mass is 262 g/mol. The molecular formula is C13H10OSe. The average Bonchev–Trinajstić information content (AvgIpc) is 2.27. The Balaban J connectivity index is 2.38. The van der Waals surface area contributed by atoms with E-state index in [0.717, 1.165) is 15.3 Å². The van der Waals surface area contributed by atoms with Crippen LogP contribution < -0.4 is 4.46 Å². The van der Waals surface area contributed by atoms with Crippen molar-refractivity contribution in [2.24, 2.45) is 0 Å². The van der Waals surface area contributed by atoms with Gasteiger partial charge in [0.25, 0.3) is 0 Å². The third kappa shape index (κ3) is 1.46. The quantitative estimate of drug-likeness (QED) is 0.666. The van der Waals surface area contributed by atoms with E-state index in [4.69, 9.17) is 0 Å². The molecule has 3 rings (SSSR count). The molecule has 1 unspecified atom stereocenters. The fourth-order valence-corrected chi connectivity index (χ4v) is 4.22. The molecule has 0 bridgehead atoms. The number of allylic oxidation sites excluding steroid dienone is 1. The Morgan fingerprint density at radius 1 is 1.07 bits per heavy atom. The van der Waals surface area contributed by atoms with E-state index in [1.165, 1.54) is 10.8 Å². The molecule has 15 heavy (non-hydrogen) atoms. The molecule has 0 fully saturated rings. The van der Waals surface area contributed by atoms with Crippen LogP contribution in [0.4, 0.5) is 0 Å². The molecule has 2 aromatic rings. The Hall–Kier alpha value is -1.24. The third-order valence-electron chi connectivity index (χ3n) is 2.67. The first-order chi connectivity index (χ1) is 7.34. The molecule has 74 valence electrons. The Kier molecular flexibility index (Phi) is 2.05. The van der Waals surface area contributed by atoms with Crippen LogP contribution in [0, 0.1) is 0 Å². The summed E-state index contributed by atoms with van der Waals surface area (Å²) in [7, 11) is 0. The van der Waals surface area contributed by atoms with Gasteiger partial charge < -0.3 is 0 Å². The van der Waals surface area contributed by atoms with Gasteiger partial charge in [-0.25, -0.2) is 0 Å². The molecule has 0 saturated heterocycles. The Morgan fingerprint density at radius 3 is 2.60 bits per heavy atom. The second kappa shape index (κ2) is 3.41. The summed E-state index contributed by atoms with van der Waals surface area (Å²) in [6.07, 6.45) is 4.11. The fraction of sp³-hybridized carbons (Fsp3) is 0.0769. The molecule has 0 spiro atoms. The van der Waals surface area contributed by atoms with Crippen molar-refractivity contribution in [1.29, 1.82) is 0 Å². The number of hydrogen-bond acceptors (Lipinski definition) is 1. The zero-order chi connectivity index (χ0) is 10.3. The fourth-order valence-electron chi connectivity index (χ4n) is 1.92. The number of benzene rings is 2. The van der Waals surface area contributed by atoms with Crippen LogP contribution in [-0.4, -0.2) is 13.8 Å². The predicted octanol–water partition coefficient (Wildman–Crippen LogP) is 2.50. The Morgan fingerprint density at radius 2 is 1.80 bits per heavy atom. The van der Waals surface area contributed by atoms with Crippen molar-refractivity contribution in [2.75, 3.05) is 0 Å². The second-order valence-electron chi connectivity index (χ2n) is 3.65. The molecule has 0 aliphatic carbocycles. The molecule has 1 nitrogen and oxygen atoms in total. The van der Waals surface area contributed by atoms with Crippen LogP contribution in [0.1, 0.15) is 5.56 Å². The molecule has 1 atom stereocenters. The number of hydrogen-bond donors (Lipinski definition) is 0. The first-order valence-corrected chi connectivity index (χ1v) is 7.69. The third-order valence-corrected chi connectivity index (χ3v) is 5.48. The van der Waals surface area contributed by atoms with Crippen LogP contribution in [0.2, 0.25) is 5.32 Å². The summed E-state index contributed by atoms with van der Waals surface area (Å²) < 4.78 is 13.0. The molecule has 2 heteroatoms. The molecule has 1 aliphatic heterocycles. The van der Waals surface area contributed by atoms with Gasteiger partial charge >= 0.3 is 92.3 Å². The minimum atomic E-state index is -1.80. The van der Waals surface area contributed by atoms with E-state index >= 15 is 0 Å². The maximum atomic E-state index is 11.9. The summed E-state index contributed by atoms with van der Waals surface area (Å²) in [5, 5.41) is 3.16. The standard InChI is InChI=1S/C13H10OSe/c14-15-7-3-6-12-8-10-4-1-2-5-11(10)9-13(12)15/h1-6,8-9H,7H2. The van der Waals surface area contributed by atoms with Crippen molar-refractivity contribution in [2.45, 2.75) is 5.32 Å². The van der Waals surface area contributed by atoms with Crippen molar-refractivity contribution in [3.63, 3.8) is 0 Å². The van der Waals surface area contributed by atoms with Crippen molar-refractivity contribution in [3.8, 4) is 0 Å². The zero-order valence-electron chi connectivity index (χ0n) is 8.14. The van der Waals surface area contributed by atoms with Crippen LogP contribution in [-0.2, 0) is 3.83 Å². The van der Waals surface area contributed by atoms with Crippen LogP contribution in [0.5, 0.6) is 0 Å². The van der Waals surface area contributed by atoms with Crippen molar-refractivity contribution in [1.82, 2.24) is 0 Å². The van der Waals surface area contributed by atoms with Crippen molar-refractivity contribution in [3.05, 3.63) is 48.0 Å². The van der Waals surface area contributed by atoms with Gasteiger partial charge in [0.15, 0.2) is 0 Å². The van der Waals surface area contributed by atoms with E-state index in [9.17, 15) is 3.83 Å². The summed E-state index contributed by atoms with van der Waals surface area (Å²) >= 11 is -1.80. The van der Waals surface area contributed by atoms with E-state index in [-0.39, 0.29) is 0 Å². The van der Waals surface area contributed by atoms with E-state index in [1.807, 2.05) is 18.2 Å². The Labute approximate surface area is 92.5 Å². The molecular weight excluding hydrogens is 251 g/mol. The normalized spacial score (nSPS) is 19.1. The van der Waals surface area contributed by atoms with Gasteiger partial charge in [-0.3, -0.25) is 0 Å². The van der Waals surface area contributed by atoms with Crippen LogP contribution in [0.3, 0.4) is 0 Å². The SMILES string of the molecule is O=[Se]1CC=Cc2cc3ccccc3cc21.